The van der Waals surface area contributed by atoms with Gasteiger partial charge in [-0.15, -0.1) is 0 Å². The quantitative estimate of drug-likeness (QED) is 0.692. The van der Waals surface area contributed by atoms with Crippen molar-refractivity contribution in [3.8, 4) is 0 Å². The van der Waals surface area contributed by atoms with E-state index < -0.39 is 5.60 Å². The fraction of sp³-hybridized carbons (Fsp3) is 0.556. The van der Waals surface area contributed by atoms with E-state index in [0.717, 1.165) is 3.70 Å². The molecule has 0 aromatic carbocycles. The molecule has 0 fully saturated rings. The number of hydrogen-bond acceptors (Lipinski definition) is 3. The summed E-state index contributed by atoms with van der Waals surface area (Å²) in [6.07, 6.45) is 1.26. The van der Waals surface area contributed by atoms with Crippen LogP contribution >= 0.6 is 22.6 Å². The van der Waals surface area contributed by atoms with Crippen LogP contribution in [-0.4, -0.2) is 21.2 Å². The average molecular weight is 308 g/mol. The van der Waals surface area contributed by atoms with E-state index in [9.17, 15) is 4.79 Å². The zero-order valence-corrected chi connectivity index (χ0v) is 10.8. The van der Waals surface area contributed by atoms with Gasteiger partial charge in [-0.25, -0.2) is 14.3 Å². The van der Waals surface area contributed by atoms with Gasteiger partial charge in [0.05, 0.1) is 6.20 Å². The third-order valence-corrected chi connectivity index (χ3v) is 2.23. The second-order valence-electron chi connectivity index (χ2n) is 3.94. The van der Waals surface area contributed by atoms with Crippen LogP contribution in [0.5, 0.6) is 0 Å². The van der Waals surface area contributed by atoms with E-state index in [0.29, 0.717) is 5.82 Å². The minimum Gasteiger partial charge on any atom is -0.443 e. The predicted molar refractivity (Wildman–Crippen MR) is 61.3 cm³/mol. The lowest BCUT2D eigenvalue weighted by molar-refractivity contribution is 0.0529. The zero-order chi connectivity index (χ0) is 10.9. The number of carbonyl (C=O) groups is 1. The van der Waals surface area contributed by atoms with E-state index >= 15 is 0 Å². The maximum absolute atomic E-state index is 11.7. The Kier molecular flexibility index (Phi) is 3.18. The Morgan fingerprint density at radius 3 is 2.50 bits per heavy atom. The first-order valence-corrected chi connectivity index (χ1v) is 5.32. The second-order valence-corrected chi connectivity index (χ2v) is 5.05. The van der Waals surface area contributed by atoms with Crippen molar-refractivity contribution in [3.05, 3.63) is 15.7 Å². The minimum absolute atomic E-state index is 0.378. The van der Waals surface area contributed by atoms with Crippen molar-refractivity contribution < 1.29 is 9.53 Å². The Morgan fingerprint density at radius 1 is 1.57 bits per heavy atom. The van der Waals surface area contributed by atoms with Gasteiger partial charge in [0.25, 0.3) is 0 Å². The standard InChI is InChI=1S/C9H13IN2O2/c1-6-11-5-7(10)12(6)8(13)14-9(2,3)4/h5H,1-4H3. The van der Waals surface area contributed by atoms with Crippen molar-refractivity contribution in [2.24, 2.45) is 0 Å². The number of carbonyl (C=O) groups excluding carboxylic acids is 1. The smallest absolute Gasteiger partial charge is 0.420 e. The summed E-state index contributed by atoms with van der Waals surface area (Å²) in [5.74, 6) is 0.642. The van der Waals surface area contributed by atoms with E-state index in [4.69, 9.17) is 4.74 Å². The van der Waals surface area contributed by atoms with Gasteiger partial charge < -0.3 is 4.74 Å². The fourth-order valence-corrected chi connectivity index (χ4v) is 1.63. The van der Waals surface area contributed by atoms with E-state index in [2.05, 4.69) is 4.98 Å². The van der Waals surface area contributed by atoms with Crippen molar-refractivity contribution in [2.75, 3.05) is 0 Å². The SMILES string of the molecule is Cc1ncc(I)n1C(=O)OC(C)(C)C. The Morgan fingerprint density at radius 2 is 2.14 bits per heavy atom. The van der Waals surface area contributed by atoms with Gasteiger partial charge in [-0.1, -0.05) is 0 Å². The molecular formula is C9H13IN2O2. The highest BCUT2D eigenvalue weighted by atomic mass is 127. The van der Waals surface area contributed by atoms with Crippen LogP contribution in [0.4, 0.5) is 4.79 Å². The van der Waals surface area contributed by atoms with Gasteiger partial charge in [-0.05, 0) is 50.3 Å². The van der Waals surface area contributed by atoms with E-state index in [1.807, 2.05) is 43.4 Å². The molecule has 0 amide bonds. The van der Waals surface area contributed by atoms with E-state index in [1.54, 1.807) is 13.1 Å². The first-order chi connectivity index (χ1) is 6.31. The third kappa shape index (κ3) is 2.70. The number of ether oxygens (including phenoxy) is 1. The van der Waals surface area contributed by atoms with Gasteiger partial charge in [0.15, 0.2) is 0 Å². The van der Waals surface area contributed by atoms with Gasteiger partial charge in [0.1, 0.15) is 15.1 Å². The van der Waals surface area contributed by atoms with Crippen LogP contribution < -0.4 is 0 Å². The lowest BCUT2D eigenvalue weighted by atomic mass is 10.2. The molecule has 0 atom stereocenters. The molecular weight excluding hydrogens is 295 g/mol. The summed E-state index contributed by atoms with van der Waals surface area (Å²) in [5, 5.41) is 0. The maximum Gasteiger partial charge on any atom is 0.420 e. The predicted octanol–water partition coefficient (Wildman–Crippen LogP) is 2.58. The molecule has 0 saturated heterocycles. The van der Waals surface area contributed by atoms with Crippen molar-refractivity contribution in [1.82, 2.24) is 9.55 Å². The maximum atomic E-state index is 11.7. The number of aryl methyl sites for hydroxylation is 1. The van der Waals surface area contributed by atoms with Gasteiger partial charge in [0, 0.05) is 0 Å². The number of imidazole rings is 1. The number of hydrogen-bond donors (Lipinski definition) is 0. The molecule has 1 rings (SSSR count). The van der Waals surface area contributed by atoms with E-state index in [-0.39, 0.29) is 6.09 Å². The molecule has 14 heavy (non-hydrogen) atoms. The molecule has 0 saturated carbocycles. The second kappa shape index (κ2) is 3.88. The summed E-state index contributed by atoms with van der Waals surface area (Å²) < 4.78 is 7.43. The molecule has 0 N–H and O–H groups in total. The molecule has 1 aromatic rings. The highest BCUT2D eigenvalue weighted by molar-refractivity contribution is 14.1. The van der Waals surface area contributed by atoms with Crippen LogP contribution in [-0.2, 0) is 4.74 Å². The van der Waals surface area contributed by atoms with Gasteiger partial charge in [0.2, 0.25) is 0 Å². The zero-order valence-electron chi connectivity index (χ0n) is 8.67. The molecule has 0 aliphatic carbocycles. The summed E-state index contributed by atoms with van der Waals surface area (Å²) in [4.78, 5) is 15.7. The summed E-state index contributed by atoms with van der Waals surface area (Å²) >= 11 is 2.05. The molecule has 78 valence electrons. The van der Waals surface area contributed by atoms with Crippen LogP contribution in [0.15, 0.2) is 6.20 Å². The fourth-order valence-electron chi connectivity index (χ4n) is 0.944. The number of rotatable bonds is 0. The molecule has 5 heteroatoms. The molecule has 0 aliphatic heterocycles. The lowest BCUT2D eigenvalue weighted by Gasteiger charge is -2.20. The van der Waals surface area contributed by atoms with Crippen molar-refractivity contribution in [1.29, 1.82) is 0 Å². The molecule has 0 unspecified atom stereocenters. The molecule has 0 bridgehead atoms. The van der Waals surface area contributed by atoms with Gasteiger partial charge in [-0.3, -0.25) is 0 Å². The Balaban J connectivity index is 2.90. The van der Waals surface area contributed by atoms with E-state index in [1.165, 1.54) is 4.57 Å². The van der Waals surface area contributed by atoms with Crippen LogP contribution in [0.2, 0.25) is 0 Å². The third-order valence-electron chi connectivity index (χ3n) is 1.47. The molecule has 0 aliphatic rings. The van der Waals surface area contributed by atoms with Crippen LogP contribution in [0.25, 0.3) is 0 Å². The molecule has 1 aromatic heterocycles. The largest absolute Gasteiger partial charge is 0.443 e. The Hall–Kier alpha value is -0.590. The normalized spacial score (nSPS) is 11.5. The van der Waals surface area contributed by atoms with Crippen molar-refractivity contribution >= 4 is 28.7 Å². The Bertz CT molecular complexity index is 333. The molecule has 4 nitrogen and oxygen atoms in total. The highest BCUT2D eigenvalue weighted by Crippen LogP contribution is 2.13. The molecule has 0 radical (unpaired) electrons. The number of halogens is 1. The number of aromatic nitrogens is 2. The lowest BCUT2D eigenvalue weighted by Crippen LogP contribution is -2.28. The van der Waals surface area contributed by atoms with Crippen molar-refractivity contribution in [3.63, 3.8) is 0 Å². The van der Waals surface area contributed by atoms with Crippen molar-refractivity contribution in [2.45, 2.75) is 33.3 Å². The van der Waals surface area contributed by atoms with Gasteiger partial charge in [-0.2, -0.15) is 0 Å². The minimum atomic E-state index is -0.475. The van der Waals surface area contributed by atoms with Crippen LogP contribution in [0.1, 0.15) is 26.6 Å². The number of nitrogens with zero attached hydrogens (tertiary/aromatic N) is 2. The van der Waals surface area contributed by atoms with Gasteiger partial charge >= 0.3 is 6.09 Å². The summed E-state index contributed by atoms with van der Waals surface area (Å²) in [7, 11) is 0. The monoisotopic (exact) mass is 308 g/mol. The summed E-state index contributed by atoms with van der Waals surface area (Å²) in [6, 6.07) is 0. The first kappa shape index (κ1) is 11.5. The highest BCUT2D eigenvalue weighted by Gasteiger charge is 2.20. The summed E-state index contributed by atoms with van der Waals surface area (Å²) in [5.41, 5.74) is -0.475. The van der Waals surface area contributed by atoms with Crippen LogP contribution in [0.3, 0.4) is 0 Å². The Labute approximate surface area is 96.8 Å². The topological polar surface area (TPSA) is 44.1 Å². The molecule has 0 spiro atoms. The van der Waals surface area contributed by atoms with Crippen LogP contribution in [0, 0.1) is 10.6 Å². The molecule has 1 heterocycles. The average Bonchev–Trinajstić information content (AvgIpc) is 2.27. The summed E-state index contributed by atoms with van der Waals surface area (Å²) in [6.45, 7) is 7.28. The first-order valence-electron chi connectivity index (χ1n) is 4.24.